The van der Waals surface area contributed by atoms with Crippen LogP contribution in [0.2, 0.25) is 0 Å². The monoisotopic (exact) mass is 394 g/mol. The van der Waals surface area contributed by atoms with E-state index in [1.54, 1.807) is 6.92 Å². The van der Waals surface area contributed by atoms with Crippen LogP contribution in [0.4, 0.5) is 13.2 Å². The van der Waals surface area contributed by atoms with E-state index in [4.69, 9.17) is 0 Å². The molecular weight excluding hydrogens is 373 g/mol. The molecule has 146 valence electrons. The number of nitrogens with one attached hydrogen (secondary N) is 1. The van der Waals surface area contributed by atoms with E-state index in [9.17, 15) is 26.4 Å². The fraction of sp³-hybridized carbons (Fsp3) is 0.562. The first kappa shape index (κ1) is 20.5. The number of alkyl halides is 3. The highest BCUT2D eigenvalue weighted by molar-refractivity contribution is 7.88. The third kappa shape index (κ3) is 5.34. The van der Waals surface area contributed by atoms with Gasteiger partial charge in [0, 0.05) is 13.1 Å². The Morgan fingerprint density at radius 3 is 2.35 bits per heavy atom. The van der Waals surface area contributed by atoms with Gasteiger partial charge < -0.3 is 14.4 Å². The fourth-order valence-electron chi connectivity index (χ4n) is 2.63. The van der Waals surface area contributed by atoms with Gasteiger partial charge in [0.05, 0.1) is 5.92 Å². The summed E-state index contributed by atoms with van der Waals surface area (Å²) in [4.78, 5) is 14.4. The summed E-state index contributed by atoms with van der Waals surface area (Å²) < 4.78 is 62.8. The topological polar surface area (TPSA) is 75.7 Å². The number of likely N-dealkylation sites (tertiary alicyclic amines) is 1. The van der Waals surface area contributed by atoms with Crippen LogP contribution in [0.15, 0.2) is 24.3 Å². The molecule has 1 atom stereocenters. The number of amides is 1. The predicted molar refractivity (Wildman–Crippen MR) is 89.1 cm³/mol. The number of rotatable bonds is 7. The largest absolute Gasteiger partial charge is 0.534 e. The van der Waals surface area contributed by atoms with E-state index in [1.807, 2.05) is 0 Å². The summed E-state index contributed by atoms with van der Waals surface area (Å²) in [5.41, 5.74) is -4.95. The highest BCUT2D eigenvalue weighted by atomic mass is 32.2. The summed E-state index contributed by atoms with van der Waals surface area (Å²) in [5.74, 6) is -1.20. The van der Waals surface area contributed by atoms with Crippen LogP contribution in [-0.2, 0) is 14.9 Å². The second-order valence-corrected chi connectivity index (χ2v) is 7.65. The van der Waals surface area contributed by atoms with Crippen LogP contribution < -0.4 is 9.50 Å². The number of hydrogen-bond acceptors (Lipinski definition) is 5. The van der Waals surface area contributed by atoms with Crippen LogP contribution in [0.1, 0.15) is 31.2 Å². The summed E-state index contributed by atoms with van der Waals surface area (Å²) in [7, 11) is -5.70. The third-order valence-electron chi connectivity index (χ3n) is 4.19. The molecule has 1 heterocycles. The van der Waals surface area contributed by atoms with Crippen molar-refractivity contribution in [1.82, 2.24) is 10.2 Å². The van der Waals surface area contributed by atoms with Crippen molar-refractivity contribution in [2.24, 2.45) is 0 Å². The molecule has 1 amide bonds. The van der Waals surface area contributed by atoms with E-state index in [2.05, 4.69) is 14.4 Å². The van der Waals surface area contributed by atoms with Crippen LogP contribution in [-0.4, -0.2) is 50.9 Å². The van der Waals surface area contributed by atoms with Crippen molar-refractivity contribution in [3.63, 3.8) is 0 Å². The van der Waals surface area contributed by atoms with Gasteiger partial charge in [0.15, 0.2) is 0 Å². The minimum atomic E-state index is -5.70. The number of benzene rings is 1. The second kappa shape index (κ2) is 8.26. The Balaban J connectivity index is 1.89. The second-order valence-electron chi connectivity index (χ2n) is 6.11. The normalized spacial score (nSPS) is 17.1. The number of carbonyl (C=O) groups excluding carboxylic acids is 1. The quantitative estimate of drug-likeness (QED) is 0.567. The minimum Gasteiger partial charge on any atom is -0.376 e. The summed E-state index contributed by atoms with van der Waals surface area (Å²) >= 11 is 0. The van der Waals surface area contributed by atoms with Gasteiger partial charge in [-0.15, -0.1) is 0 Å². The zero-order valence-electron chi connectivity index (χ0n) is 14.3. The molecule has 0 aliphatic carbocycles. The Labute approximate surface area is 150 Å². The fourth-order valence-corrected chi connectivity index (χ4v) is 3.09. The van der Waals surface area contributed by atoms with Crippen LogP contribution in [0.25, 0.3) is 0 Å². The molecule has 0 radical (unpaired) electrons. The highest BCUT2D eigenvalue weighted by Crippen LogP contribution is 2.27. The molecule has 1 aliphatic rings. The standard InChI is InChI=1S/C16H21F3N2O4S/c1-12(15(22)20-8-11-21-9-2-3-10-21)13-4-6-14(7-5-13)25-26(23,24)16(17,18)19/h4-7,12H,2-3,8-11H2,1H3,(H,20,22)/t12-/m1/s1. The molecule has 6 nitrogen and oxygen atoms in total. The molecule has 1 N–H and O–H groups in total. The predicted octanol–water partition coefficient (Wildman–Crippen LogP) is 2.23. The van der Waals surface area contributed by atoms with Gasteiger partial charge >= 0.3 is 15.6 Å². The van der Waals surface area contributed by atoms with Crippen molar-refractivity contribution in [3.05, 3.63) is 29.8 Å². The number of halogens is 3. The molecule has 26 heavy (non-hydrogen) atoms. The summed E-state index contributed by atoms with van der Waals surface area (Å²) in [6.45, 7) is 5.03. The average Bonchev–Trinajstić information content (AvgIpc) is 3.07. The number of hydrogen-bond donors (Lipinski definition) is 1. The van der Waals surface area contributed by atoms with Crippen LogP contribution in [0.5, 0.6) is 5.75 Å². The zero-order chi connectivity index (χ0) is 19.4. The third-order valence-corrected chi connectivity index (χ3v) is 5.17. The Hall–Kier alpha value is -1.81. The maximum atomic E-state index is 12.3. The molecule has 1 fully saturated rings. The smallest absolute Gasteiger partial charge is 0.376 e. The first-order valence-corrected chi connectivity index (χ1v) is 9.62. The molecule has 0 spiro atoms. The van der Waals surface area contributed by atoms with Crippen LogP contribution in [0, 0.1) is 0 Å². The summed E-state index contributed by atoms with van der Waals surface area (Å²) in [6, 6.07) is 4.91. The van der Waals surface area contributed by atoms with Crippen molar-refractivity contribution in [1.29, 1.82) is 0 Å². The van der Waals surface area contributed by atoms with E-state index < -0.39 is 27.3 Å². The van der Waals surface area contributed by atoms with E-state index >= 15 is 0 Å². The first-order chi connectivity index (χ1) is 12.1. The van der Waals surface area contributed by atoms with Gasteiger partial charge in [-0.1, -0.05) is 12.1 Å². The Morgan fingerprint density at radius 2 is 1.81 bits per heavy atom. The molecule has 1 aliphatic heterocycles. The maximum Gasteiger partial charge on any atom is 0.534 e. The summed E-state index contributed by atoms with van der Waals surface area (Å²) in [6.07, 6.45) is 2.34. The van der Waals surface area contributed by atoms with E-state index in [-0.39, 0.29) is 5.91 Å². The average molecular weight is 394 g/mol. The van der Waals surface area contributed by atoms with E-state index in [0.29, 0.717) is 12.1 Å². The first-order valence-electron chi connectivity index (χ1n) is 8.21. The maximum absolute atomic E-state index is 12.3. The lowest BCUT2D eigenvalue weighted by molar-refractivity contribution is -0.122. The molecular formula is C16H21F3N2O4S. The lowest BCUT2D eigenvalue weighted by Gasteiger charge is -2.17. The Kier molecular flexibility index (Phi) is 6.51. The van der Waals surface area contributed by atoms with Crippen LogP contribution in [0.3, 0.4) is 0 Å². The van der Waals surface area contributed by atoms with Gasteiger partial charge in [0.2, 0.25) is 5.91 Å². The number of nitrogens with zero attached hydrogens (tertiary/aromatic N) is 1. The molecule has 1 saturated heterocycles. The van der Waals surface area contributed by atoms with E-state index in [1.165, 1.54) is 25.0 Å². The Bertz CT molecular complexity index is 714. The Morgan fingerprint density at radius 1 is 1.23 bits per heavy atom. The molecule has 10 heteroatoms. The minimum absolute atomic E-state index is 0.208. The van der Waals surface area contributed by atoms with Crippen molar-refractivity contribution >= 4 is 16.0 Å². The van der Waals surface area contributed by atoms with Gasteiger partial charge in [-0.25, -0.2) is 0 Å². The molecule has 0 aromatic heterocycles. The molecule has 0 bridgehead atoms. The molecule has 1 aromatic carbocycles. The lowest BCUT2D eigenvalue weighted by atomic mass is 10.0. The van der Waals surface area contributed by atoms with Crippen molar-refractivity contribution < 1.29 is 30.6 Å². The van der Waals surface area contributed by atoms with Gasteiger partial charge in [0.25, 0.3) is 0 Å². The van der Waals surface area contributed by atoms with Gasteiger partial charge in [0.1, 0.15) is 5.75 Å². The number of carbonyl (C=O) groups is 1. The molecule has 0 unspecified atom stereocenters. The van der Waals surface area contributed by atoms with Gasteiger partial charge in [-0.3, -0.25) is 4.79 Å². The van der Waals surface area contributed by atoms with Gasteiger partial charge in [-0.05, 0) is 50.6 Å². The van der Waals surface area contributed by atoms with Crippen molar-refractivity contribution in [3.8, 4) is 5.75 Å². The van der Waals surface area contributed by atoms with Crippen LogP contribution >= 0.6 is 0 Å². The molecule has 2 rings (SSSR count). The van der Waals surface area contributed by atoms with Gasteiger partial charge in [-0.2, -0.15) is 21.6 Å². The SMILES string of the molecule is C[C@@H](C(=O)NCCN1CCCC1)c1ccc(OS(=O)(=O)C(F)(F)F)cc1. The molecule has 1 aromatic rings. The zero-order valence-corrected chi connectivity index (χ0v) is 15.1. The lowest BCUT2D eigenvalue weighted by Crippen LogP contribution is -2.35. The van der Waals surface area contributed by atoms with E-state index in [0.717, 1.165) is 31.8 Å². The summed E-state index contributed by atoms with van der Waals surface area (Å²) in [5, 5.41) is 2.82. The van der Waals surface area contributed by atoms with Crippen molar-refractivity contribution in [2.75, 3.05) is 26.2 Å². The molecule has 0 saturated carbocycles. The van der Waals surface area contributed by atoms with Crippen molar-refractivity contribution in [2.45, 2.75) is 31.2 Å². The highest BCUT2D eigenvalue weighted by Gasteiger charge is 2.48.